The minimum absolute atomic E-state index is 0.0193. The lowest BCUT2D eigenvalue weighted by atomic mass is 9.33. The van der Waals surface area contributed by atoms with Crippen molar-refractivity contribution in [3.8, 4) is 0 Å². The smallest absolute Gasteiger partial charge is 0.0797 e. The third-order valence-corrected chi connectivity index (χ3v) is 13.3. The molecule has 2 heteroatoms. The molecule has 0 aromatic rings. The molecule has 0 aromatic heterocycles. The summed E-state index contributed by atoms with van der Waals surface area (Å²) in [5.74, 6) is 1.79. The molecule has 9 unspecified atom stereocenters. The van der Waals surface area contributed by atoms with Gasteiger partial charge in [-0.05, 0) is 109 Å². The van der Waals surface area contributed by atoms with Gasteiger partial charge in [0.05, 0.1) is 12.2 Å². The molecule has 5 aliphatic rings. The van der Waals surface area contributed by atoms with E-state index in [2.05, 4.69) is 68.4 Å². The fraction of sp³-hybridized carbons (Fsp3) is 0.938. The Morgan fingerprint density at radius 3 is 2.24 bits per heavy atom. The van der Waals surface area contributed by atoms with Gasteiger partial charge in [-0.25, -0.2) is 0 Å². The molecule has 5 aliphatic carbocycles. The summed E-state index contributed by atoms with van der Waals surface area (Å²) in [7, 11) is 0. The molecule has 0 heterocycles. The Morgan fingerprint density at radius 1 is 0.882 bits per heavy atom. The lowest BCUT2D eigenvalue weighted by Crippen LogP contribution is -2.67. The summed E-state index contributed by atoms with van der Waals surface area (Å²) in [4.78, 5) is 0. The summed E-state index contributed by atoms with van der Waals surface area (Å²) in [6.07, 6.45) is 14.1. The molecule has 0 radical (unpaired) electrons. The van der Waals surface area contributed by atoms with Crippen molar-refractivity contribution in [2.24, 2.45) is 50.2 Å². The van der Waals surface area contributed by atoms with Crippen LogP contribution in [0.5, 0.6) is 0 Å². The predicted molar refractivity (Wildman–Crippen MR) is 142 cm³/mol. The maximum absolute atomic E-state index is 11.0. The van der Waals surface area contributed by atoms with Gasteiger partial charge in [0.2, 0.25) is 0 Å². The molecule has 0 bridgehead atoms. The van der Waals surface area contributed by atoms with Crippen molar-refractivity contribution in [1.29, 1.82) is 0 Å². The quantitative estimate of drug-likeness (QED) is 0.412. The first-order chi connectivity index (χ1) is 15.6. The average molecular weight is 471 g/mol. The Hall–Kier alpha value is -0.340. The maximum Gasteiger partial charge on any atom is 0.0797 e. The standard InChI is InChI=1S/C32H54O2/c1-10-34-23-19-21-22-20-27(2,3)15-16-29(22,6)17-18-31(21,8)32(9)14-11-24-28(4,5)25(33)12-13-30(24,7)26(23)32/h19,22-26,33H,10-18,20H2,1-9H3. The van der Waals surface area contributed by atoms with Crippen LogP contribution in [0.3, 0.4) is 0 Å². The second-order valence-electron chi connectivity index (χ2n) is 15.8. The van der Waals surface area contributed by atoms with Gasteiger partial charge in [0.1, 0.15) is 0 Å². The third kappa shape index (κ3) is 3.19. The topological polar surface area (TPSA) is 29.5 Å². The lowest BCUT2D eigenvalue weighted by Gasteiger charge is -2.72. The number of aliphatic hydroxyl groups is 1. The first kappa shape index (κ1) is 25.3. The molecule has 0 spiro atoms. The van der Waals surface area contributed by atoms with Crippen LogP contribution in [0.25, 0.3) is 0 Å². The van der Waals surface area contributed by atoms with Crippen LogP contribution in [0.4, 0.5) is 0 Å². The zero-order valence-corrected chi connectivity index (χ0v) is 23.9. The third-order valence-electron chi connectivity index (χ3n) is 13.3. The van der Waals surface area contributed by atoms with Crippen LogP contribution in [0.1, 0.15) is 120 Å². The second-order valence-corrected chi connectivity index (χ2v) is 15.8. The number of hydrogen-bond donors (Lipinski definition) is 1. The Kier molecular flexibility index (Phi) is 5.65. The molecular weight excluding hydrogens is 416 g/mol. The molecule has 194 valence electrons. The SMILES string of the molecule is CCOC1C=C2C3CC(C)(C)CCC3(C)CCC2(C)C2(C)CCC3C(C)(C)C(O)CCC3(C)C12. The van der Waals surface area contributed by atoms with Crippen molar-refractivity contribution in [1.82, 2.24) is 0 Å². The zero-order valence-electron chi connectivity index (χ0n) is 23.9. The van der Waals surface area contributed by atoms with Crippen LogP contribution in [-0.4, -0.2) is 23.9 Å². The van der Waals surface area contributed by atoms with Crippen LogP contribution in [0.15, 0.2) is 11.6 Å². The van der Waals surface area contributed by atoms with Crippen molar-refractivity contribution in [2.45, 2.75) is 132 Å². The molecule has 5 rings (SSSR count). The van der Waals surface area contributed by atoms with E-state index in [0.717, 1.165) is 19.4 Å². The van der Waals surface area contributed by atoms with Crippen molar-refractivity contribution < 1.29 is 9.84 Å². The van der Waals surface area contributed by atoms with E-state index in [1.165, 1.54) is 44.9 Å². The number of allylic oxidation sites excluding steroid dienone is 1. The largest absolute Gasteiger partial charge is 0.393 e. The highest BCUT2D eigenvalue weighted by atomic mass is 16.5. The fourth-order valence-electron chi connectivity index (χ4n) is 10.9. The van der Waals surface area contributed by atoms with Crippen LogP contribution in [0.2, 0.25) is 0 Å². The number of ether oxygens (including phenoxy) is 1. The summed E-state index contributed by atoms with van der Waals surface area (Å²) in [5, 5.41) is 11.0. The fourth-order valence-corrected chi connectivity index (χ4v) is 10.9. The molecule has 0 saturated heterocycles. The molecule has 4 fully saturated rings. The molecule has 9 atom stereocenters. The van der Waals surface area contributed by atoms with Crippen molar-refractivity contribution in [2.75, 3.05) is 6.61 Å². The van der Waals surface area contributed by atoms with Crippen LogP contribution in [-0.2, 0) is 4.74 Å². The highest BCUT2D eigenvalue weighted by molar-refractivity contribution is 5.35. The van der Waals surface area contributed by atoms with Crippen molar-refractivity contribution in [3.05, 3.63) is 11.6 Å². The highest BCUT2D eigenvalue weighted by Crippen LogP contribution is 2.75. The molecular formula is C32H54O2. The van der Waals surface area contributed by atoms with Crippen molar-refractivity contribution in [3.63, 3.8) is 0 Å². The molecule has 1 N–H and O–H groups in total. The minimum atomic E-state index is -0.175. The van der Waals surface area contributed by atoms with Gasteiger partial charge in [-0.15, -0.1) is 0 Å². The van der Waals surface area contributed by atoms with E-state index in [1.807, 2.05) is 0 Å². The van der Waals surface area contributed by atoms with Gasteiger partial charge in [0, 0.05) is 12.5 Å². The van der Waals surface area contributed by atoms with Gasteiger partial charge in [-0.3, -0.25) is 0 Å². The van der Waals surface area contributed by atoms with Gasteiger partial charge in [0.25, 0.3) is 0 Å². The molecule has 0 amide bonds. The van der Waals surface area contributed by atoms with Gasteiger partial charge in [-0.2, -0.15) is 0 Å². The number of hydrogen-bond acceptors (Lipinski definition) is 2. The molecule has 0 aromatic carbocycles. The second kappa shape index (κ2) is 7.59. The number of fused-ring (bicyclic) bond motifs is 7. The van der Waals surface area contributed by atoms with E-state index in [4.69, 9.17) is 4.74 Å². The summed E-state index contributed by atoms with van der Waals surface area (Å²) >= 11 is 0. The Bertz CT molecular complexity index is 855. The Balaban J connectivity index is 1.66. The van der Waals surface area contributed by atoms with Gasteiger partial charge < -0.3 is 9.84 Å². The molecule has 2 nitrogen and oxygen atoms in total. The van der Waals surface area contributed by atoms with E-state index in [1.54, 1.807) is 5.57 Å². The van der Waals surface area contributed by atoms with E-state index < -0.39 is 0 Å². The number of rotatable bonds is 2. The Morgan fingerprint density at radius 2 is 1.56 bits per heavy atom. The van der Waals surface area contributed by atoms with E-state index in [9.17, 15) is 5.11 Å². The zero-order chi connectivity index (χ0) is 24.9. The summed E-state index contributed by atoms with van der Waals surface area (Å²) < 4.78 is 6.75. The average Bonchev–Trinajstić information content (AvgIpc) is 2.74. The number of aliphatic hydroxyl groups excluding tert-OH is 1. The molecule has 4 saturated carbocycles. The van der Waals surface area contributed by atoms with Gasteiger partial charge >= 0.3 is 0 Å². The predicted octanol–water partition coefficient (Wildman–Crippen LogP) is 8.18. The maximum atomic E-state index is 11.0. The first-order valence-corrected chi connectivity index (χ1v) is 14.7. The molecule has 0 aliphatic heterocycles. The van der Waals surface area contributed by atoms with Crippen molar-refractivity contribution >= 4 is 0 Å². The lowest BCUT2D eigenvalue weighted by molar-refractivity contribution is -0.230. The minimum Gasteiger partial charge on any atom is -0.393 e. The summed E-state index contributed by atoms with van der Waals surface area (Å²) in [5.41, 5.74) is 3.39. The van der Waals surface area contributed by atoms with Gasteiger partial charge in [0.15, 0.2) is 0 Å². The van der Waals surface area contributed by atoms with Crippen LogP contribution >= 0.6 is 0 Å². The van der Waals surface area contributed by atoms with Crippen LogP contribution in [0, 0.1) is 50.2 Å². The van der Waals surface area contributed by atoms with Gasteiger partial charge in [-0.1, -0.05) is 67.0 Å². The first-order valence-electron chi connectivity index (χ1n) is 14.7. The normalized spacial score (nSPS) is 53.6. The van der Waals surface area contributed by atoms with Crippen LogP contribution < -0.4 is 0 Å². The highest BCUT2D eigenvalue weighted by Gasteiger charge is 2.69. The monoisotopic (exact) mass is 470 g/mol. The summed E-state index contributed by atoms with van der Waals surface area (Å²) in [6.45, 7) is 23.2. The van der Waals surface area contributed by atoms with E-state index >= 15 is 0 Å². The van der Waals surface area contributed by atoms with E-state index in [0.29, 0.717) is 28.6 Å². The molecule has 34 heavy (non-hydrogen) atoms. The summed E-state index contributed by atoms with van der Waals surface area (Å²) in [6, 6.07) is 0. The van der Waals surface area contributed by atoms with E-state index in [-0.39, 0.29) is 33.9 Å². The Labute approximate surface area is 210 Å².